The first kappa shape index (κ1) is 15.4. The molecule has 0 saturated heterocycles. The summed E-state index contributed by atoms with van der Waals surface area (Å²) in [5.41, 5.74) is 1.11. The van der Waals surface area contributed by atoms with E-state index in [1.54, 1.807) is 18.2 Å². The van der Waals surface area contributed by atoms with Crippen LogP contribution in [0.3, 0.4) is 0 Å². The SMILES string of the molecule is CC(=O)c1ccc(Br)c(NC2=CC(=O)N(CCO)C2=O)c1. The van der Waals surface area contributed by atoms with E-state index in [0.29, 0.717) is 15.7 Å². The van der Waals surface area contributed by atoms with Gasteiger partial charge in [0.2, 0.25) is 0 Å². The predicted octanol–water partition coefficient (Wildman–Crippen LogP) is 1.31. The van der Waals surface area contributed by atoms with E-state index in [0.717, 1.165) is 4.90 Å². The first-order valence-corrected chi connectivity index (χ1v) is 6.99. The van der Waals surface area contributed by atoms with Gasteiger partial charge in [0.25, 0.3) is 11.8 Å². The van der Waals surface area contributed by atoms with Gasteiger partial charge in [-0.05, 0) is 35.0 Å². The zero-order chi connectivity index (χ0) is 15.6. The third-order valence-corrected chi connectivity index (χ3v) is 3.67. The lowest BCUT2D eigenvalue weighted by atomic mass is 10.1. The fourth-order valence-corrected chi connectivity index (χ4v) is 2.24. The Bertz CT molecular complexity index is 654. The molecule has 7 heteroatoms. The molecule has 1 heterocycles. The second-order valence-electron chi connectivity index (χ2n) is 4.45. The molecule has 6 nitrogen and oxygen atoms in total. The van der Waals surface area contributed by atoms with Crippen LogP contribution in [0.1, 0.15) is 17.3 Å². The number of amides is 2. The molecule has 2 amide bonds. The average Bonchev–Trinajstić information content (AvgIpc) is 2.69. The van der Waals surface area contributed by atoms with Crippen molar-refractivity contribution in [1.29, 1.82) is 0 Å². The van der Waals surface area contributed by atoms with E-state index in [9.17, 15) is 14.4 Å². The van der Waals surface area contributed by atoms with E-state index < -0.39 is 11.8 Å². The molecule has 110 valence electrons. The number of nitrogens with zero attached hydrogens (tertiary/aromatic N) is 1. The van der Waals surface area contributed by atoms with Crippen LogP contribution < -0.4 is 5.32 Å². The number of aliphatic hydroxyl groups is 1. The number of nitrogens with one attached hydrogen (secondary N) is 1. The van der Waals surface area contributed by atoms with Crippen molar-refractivity contribution in [3.05, 3.63) is 40.0 Å². The van der Waals surface area contributed by atoms with Gasteiger partial charge in [-0.2, -0.15) is 0 Å². The maximum absolute atomic E-state index is 12.0. The summed E-state index contributed by atoms with van der Waals surface area (Å²) in [6, 6.07) is 4.94. The Balaban J connectivity index is 2.25. The third-order valence-electron chi connectivity index (χ3n) is 2.98. The van der Waals surface area contributed by atoms with Crippen LogP contribution in [0.15, 0.2) is 34.4 Å². The maximum Gasteiger partial charge on any atom is 0.277 e. The van der Waals surface area contributed by atoms with Crippen LogP contribution in [0.25, 0.3) is 0 Å². The van der Waals surface area contributed by atoms with Crippen LogP contribution in [-0.4, -0.2) is 40.8 Å². The highest BCUT2D eigenvalue weighted by atomic mass is 79.9. The molecule has 0 atom stereocenters. The van der Waals surface area contributed by atoms with Gasteiger partial charge in [0.05, 0.1) is 18.8 Å². The number of benzene rings is 1. The summed E-state index contributed by atoms with van der Waals surface area (Å²) in [7, 11) is 0. The van der Waals surface area contributed by atoms with Gasteiger partial charge in [-0.25, -0.2) is 0 Å². The molecule has 0 aliphatic carbocycles. The zero-order valence-corrected chi connectivity index (χ0v) is 12.8. The fourth-order valence-electron chi connectivity index (χ4n) is 1.90. The summed E-state index contributed by atoms with van der Waals surface area (Å²) in [4.78, 5) is 36.0. The minimum atomic E-state index is -0.505. The summed E-state index contributed by atoms with van der Waals surface area (Å²) in [5, 5.41) is 11.7. The minimum absolute atomic E-state index is 0.0476. The van der Waals surface area contributed by atoms with Gasteiger partial charge in [0.15, 0.2) is 5.78 Å². The van der Waals surface area contributed by atoms with Gasteiger partial charge < -0.3 is 10.4 Å². The monoisotopic (exact) mass is 352 g/mol. The minimum Gasteiger partial charge on any atom is -0.395 e. The Morgan fingerprint density at radius 3 is 2.71 bits per heavy atom. The number of anilines is 1. The van der Waals surface area contributed by atoms with Gasteiger partial charge in [0.1, 0.15) is 5.70 Å². The van der Waals surface area contributed by atoms with E-state index in [-0.39, 0.29) is 24.6 Å². The molecule has 1 aliphatic heterocycles. The van der Waals surface area contributed by atoms with E-state index in [1.165, 1.54) is 13.0 Å². The molecule has 2 rings (SSSR count). The lowest BCUT2D eigenvalue weighted by Gasteiger charge is -2.14. The van der Waals surface area contributed by atoms with Crippen LogP contribution in [0.4, 0.5) is 5.69 Å². The normalized spacial score (nSPS) is 14.4. The number of halogens is 1. The van der Waals surface area contributed by atoms with Gasteiger partial charge in [-0.15, -0.1) is 0 Å². The standard InChI is InChI=1S/C14H13BrN2O4/c1-8(19)9-2-3-10(15)11(6-9)16-12-7-13(20)17(4-5-18)14(12)21/h2-3,6-7,16,18H,4-5H2,1H3. The number of rotatable bonds is 5. The van der Waals surface area contributed by atoms with Crippen molar-refractivity contribution in [3.8, 4) is 0 Å². The van der Waals surface area contributed by atoms with Gasteiger partial charge >= 0.3 is 0 Å². The second kappa shape index (κ2) is 6.19. The molecular weight excluding hydrogens is 340 g/mol. The highest BCUT2D eigenvalue weighted by Gasteiger charge is 2.30. The number of ketones is 1. The van der Waals surface area contributed by atoms with Crippen molar-refractivity contribution in [2.75, 3.05) is 18.5 Å². The smallest absolute Gasteiger partial charge is 0.277 e. The summed E-state index contributed by atoms with van der Waals surface area (Å²) in [6.45, 7) is 1.11. The molecule has 1 aromatic carbocycles. The molecule has 21 heavy (non-hydrogen) atoms. The van der Waals surface area contributed by atoms with Crippen molar-refractivity contribution in [1.82, 2.24) is 4.90 Å². The largest absolute Gasteiger partial charge is 0.395 e. The van der Waals surface area contributed by atoms with Crippen molar-refractivity contribution in [2.45, 2.75) is 6.92 Å². The zero-order valence-electron chi connectivity index (χ0n) is 11.2. The molecule has 1 aromatic rings. The second-order valence-corrected chi connectivity index (χ2v) is 5.31. The van der Waals surface area contributed by atoms with E-state index >= 15 is 0 Å². The Labute approximate surface area is 129 Å². The molecule has 0 radical (unpaired) electrons. The van der Waals surface area contributed by atoms with E-state index in [1.807, 2.05) is 0 Å². The third kappa shape index (κ3) is 3.20. The number of aliphatic hydroxyl groups excluding tert-OH is 1. The molecule has 2 N–H and O–H groups in total. The average molecular weight is 353 g/mol. The Morgan fingerprint density at radius 1 is 1.38 bits per heavy atom. The molecule has 0 aromatic heterocycles. The van der Waals surface area contributed by atoms with Crippen molar-refractivity contribution in [2.24, 2.45) is 0 Å². The molecular formula is C14H13BrN2O4. The quantitative estimate of drug-likeness (QED) is 0.616. The number of carbonyl (C=O) groups excluding carboxylic acids is 3. The Kier molecular flexibility index (Phi) is 4.54. The highest BCUT2D eigenvalue weighted by molar-refractivity contribution is 9.10. The molecule has 0 saturated carbocycles. The van der Waals surface area contributed by atoms with Crippen molar-refractivity contribution < 1.29 is 19.5 Å². The lowest BCUT2D eigenvalue weighted by molar-refractivity contribution is -0.137. The number of Topliss-reactive ketones (excluding diaryl/α,β-unsaturated/α-hetero) is 1. The van der Waals surface area contributed by atoms with Crippen molar-refractivity contribution >= 4 is 39.2 Å². The summed E-state index contributed by atoms with van der Waals surface area (Å²) in [6.07, 6.45) is 1.17. The first-order chi connectivity index (χ1) is 9.93. The number of hydrogen-bond donors (Lipinski definition) is 2. The van der Waals surface area contributed by atoms with Crippen LogP contribution >= 0.6 is 15.9 Å². The van der Waals surface area contributed by atoms with Gasteiger partial charge in [-0.3, -0.25) is 19.3 Å². The number of carbonyl (C=O) groups is 3. The molecule has 0 spiro atoms. The number of β-amino-alcohol motifs (C(OH)–C–C–N with tert-alkyl or cyclic N) is 1. The fraction of sp³-hybridized carbons (Fsp3) is 0.214. The Hall–Kier alpha value is -1.99. The Morgan fingerprint density at radius 2 is 2.10 bits per heavy atom. The van der Waals surface area contributed by atoms with E-state index in [2.05, 4.69) is 21.2 Å². The lowest BCUT2D eigenvalue weighted by Crippen LogP contribution is -2.34. The number of hydrogen-bond acceptors (Lipinski definition) is 5. The van der Waals surface area contributed by atoms with Crippen LogP contribution in [-0.2, 0) is 9.59 Å². The summed E-state index contributed by atoms with van der Waals surface area (Å²) in [5.74, 6) is -1.08. The maximum atomic E-state index is 12.0. The van der Waals surface area contributed by atoms with Crippen LogP contribution in [0.2, 0.25) is 0 Å². The number of imide groups is 1. The van der Waals surface area contributed by atoms with Crippen LogP contribution in [0.5, 0.6) is 0 Å². The van der Waals surface area contributed by atoms with Gasteiger partial charge in [-0.1, -0.05) is 6.07 Å². The molecule has 0 fully saturated rings. The van der Waals surface area contributed by atoms with Gasteiger partial charge in [0, 0.05) is 16.1 Å². The van der Waals surface area contributed by atoms with E-state index in [4.69, 9.17) is 5.11 Å². The summed E-state index contributed by atoms with van der Waals surface area (Å²) < 4.78 is 0.661. The highest BCUT2D eigenvalue weighted by Crippen LogP contribution is 2.26. The molecule has 0 unspecified atom stereocenters. The van der Waals surface area contributed by atoms with Crippen molar-refractivity contribution in [3.63, 3.8) is 0 Å². The predicted molar refractivity (Wildman–Crippen MR) is 79.7 cm³/mol. The first-order valence-electron chi connectivity index (χ1n) is 6.20. The topological polar surface area (TPSA) is 86.7 Å². The molecule has 1 aliphatic rings. The summed E-state index contributed by atoms with van der Waals surface area (Å²) >= 11 is 3.32. The van der Waals surface area contributed by atoms with Crippen LogP contribution in [0, 0.1) is 0 Å². The molecule has 0 bridgehead atoms.